The summed E-state index contributed by atoms with van der Waals surface area (Å²) >= 11 is 0. The maximum absolute atomic E-state index is 11.3. The normalized spacial score (nSPS) is 14.1. The van der Waals surface area contributed by atoms with Crippen LogP contribution in [0.5, 0.6) is 0 Å². The van der Waals surface area contributed by atoms with Crippen LogP contribution >= 0.6 is 0 Å². The second-order valence-electron chi connectivity index (χ2n) is 4.15. The molecule has 0 saturated carbocycles. The first kappa shape index (κ1) is 12.8. The Bertz CT molecular complexity index is 524. The number of rotatable bonds is 5. The third-order valence-corrected chi connectivity index (χ3v) is 4.09. The highest BCUT2D eigenvalue weighted by atomic mass is 32.2. The Balaban J connectivity index is 2.12. The summed E-state index contributed by atoms with van der Waals surface area (Å²) in [5.41, 5.74) is 1.06. The van der Waals surface area contributed by atoms with Gasteiger partial charge in [-0.2, -0.15) is 0 Å². The van der Waals surface area contributed by atoms with Gasteiger partial charge < -0.3 is 5.32 Å². The highest BCUT2D eigenvalue weighted by molar-refractivity contribution is 7.84. The van der Waals surface area contributed by atoms with Crippen LogP contribution in [0.2, 0.25) is 0 Å². The van der Waals surface area contributed by atoms with Crippen molar-refractivity contribution in [2.24, 2.45) is 0 Å². The number of anilines is 1. The van der Waals surface area contributed by atoms with Crippen LogP contribution < -0.4 is 5.32 Å². The summed E-state index contributed by atoms with van der Waals surface area (Å²) in [4.78, 5) is 4.28. The number of benzene rings is 1. The van der Waals surface area contributed by atoms with E-state index in [9.17, 15) is 4.21 Å². The molecule has 0 saturated heterocycles. The van der Waals surface area contributed by atoms with E-state index in [-0.39, 0.29) is 5.25 Å². The van der Waals surface area contributed by atoms with Gasteiger partial charge in [0, 0.05) is 46.9 Å². The molecule has 0 radical (unpaired) electrons. The van der Waals surface area contributed by atoms with Crippen molar-refractivity contribution in [3.05, 3.63) is 42.7 Å². The van der Waals surface area contributed by atoms with E-state index in [4.69, 9.17) is 0 Å². The van der Waals surface area contributed by atoms with Crippen molar-refractivity contribution in [2.45, 2.75) is 12.2 Å². The second kappa shape index (κ2) is 5.82. The van der Waals surface area contributed by atoms with Gasteiger partial charge in [-0.25, -0.2) is 4.98 Å². The first-order valence-corrected chi connectivity index (χ1v) is 7.45. The van der Waals surface area contributed by atoms with Gasteiger partial charge in [0.15, 0.2) is 0 Å². The molecule has 0 fully saturated rings. The number of aromatic nitrogens is 2. The average molecular weight is 263 g/mol. The molecule has 5 heteroatoms. The van der Waals surface area contributed by atoms with Crippen LogP contribution in [-0.4, -0.2) is 31.8 Å². The zero-order valence-corrected chi connectivity index (χ0v) is 11.4. The van der Waals surface area contributed by atoms with E-state index in [1.807, 2.05) is 48.0 Å². The lowest BCUT2D eigenvalue weighted by atomic mass is 10.3. The summed E-state index contributed by atoms with van der Waals surface area (Å²) in [7, 11) is -0.822. The Labute approximate surface area is 110 Å². The standard InChI is InChI=1S/C13H17N3OS/c1-11(18(2)17)10-15-13-14-8-9-16(13)12-6-4-3-5-7-12/h3-9,11H,10H2,1-2H3,(H,14,15). The first-order chi connectivity index (χ1) is 8.68. The minimum absolute atomic E-state index is 0.103. The molecule has 2 unspecified atom stereocenters. The van der Waals surface area contributed by atoms with Crippen LogP contribution in [0.3, 0.4) is 0 Å². The van der Waals surface area contributed by atoms with Crippen molar-refractivity contribution in [2.75, 3.05) is 18.1 Å². The molecule has 1 N–H and O–H groups in total. The van der Waals surface area contributed by atoms with Crippen molar-refractivity contribution < 1.29 is 4.21 Å². The molecule has 1 heterocycles. The first-order valence-electron chi connectivity index (χ1n) is 5.83. The van der Waals surface area contributed by atoms with Crippen molar-refractivity contribution in [3.8, 4) is 5.69 Å². The molecule has 1 aromatic heterocycles. The molecule has 2 rings (SSSR count). The Morgan fingerprint density at radius 1 is 1.39 bits per heavy atom. The molecule has 0 bridgehead atoms. The van der Waals surface area contributed by atoms with Crippen LogP contribution in [0.15, 0.2) is 42.7 Å². The van der Waals surface area contributed by atoms with Crippen LogP contribution in [0, 0.1) is 0 Å². The predicted octanol–water partition coefficient (Wildman–Crippen LogP) is 2.05. The molecule has 2 atom stereocenters. The molecule has 0 aliphatic rings. The molecule has 0 aliphatic carbocycles. The number of hydrogen-bond acceptors (Lipinski definition) is 3. The van der Waals surface area contributed by atoms with Crippen LogP contribution in [0.4, 0.5) is 5.95 Å². The second-order valence-corrected chi connectivity index (χ2v) is 5.95. The summed E-state index contributed by atoms with van der Waals surface area (Å²) in [5, 5.41) is 3.33. The smallest absolute Gasteiger partial charge is 0.207 e. The lowest BCUT2D eigenvalue weighted by Crippen LogP contribution is -2.22. The van der Waals surface area contributed by atoms with Gasteiger partial charge in [0.05, 0.1) is 0 Å². The third-order valence-electron chi connectivity index (χ3n) is 2.79. The van der Waals surface area contributed by atoms with Gasteiger partial charge in [-0.15, -0.1) is 0 Å². The summed E-state index contributed by atoms with van der Waals surface area (Å²) in [5.74, 6) is 0.776. The van der Waals surface area contributed by atoms with E-state index < -0.39 is 10.8 Å². The van der Waals surface area contributed by atoms with Crippen LogP contribution in [-0.2, 0) is 10.8 Å². The molecular formula is C13H17N3OS. The van der Waals surface area contributed by atoms with Crippen molar-refractivity contribution in [1.82, 2.24) is 9.55 Å². The molecule has 18 heavy (non-hydrogen) atoms. The fourth-order valence-electron chi connectivity index (χ4n) is 1.58. The van der Waals surface area contributed by atoms with E-state index in [1.54, 1.807) is 12.5 Å². The number of para-hydroxylation sites is 1. The topological polar surface area (TPSA) is 46.9 Å². The van der Waals surface area contributed by atoms with Crippen molar-refractivity contribution in [1.29, 1.82) is 0 Å². The monoisotopic (exact) mass is 263 g/mol. The SMILES string of the molecule is CC(CNc1nccn1-c1ccccc1)S(C)=O. The molecule has 0 aliphatic heterocycles. The van der Waals surface area contributed by atoms with Gasteiger partial charge in [-0.3, -0.25) is 8.78 Å². The average Bonchev–Trinajstić information content (AvgIpc) is 2.85. The molecule has 1 aromatic carbocycles. The van der Waals surface area contributed by atoms with Gasteiger partial charge in [0.2, 0.25) is 5.95 Å². The molecule has 0 spiro atoms. The lowest BCUT2D eigenvalue weighted by molar-refractivity contribution is 0.678. The highest BCUT2D eigenvalue weighted by Gasteiger charge is 2.08. The van der Waals surface area contributed by atoms with Crippen LogP contribution in [0.1, 0.15) is 6.92 Å². The number of nitrogens with one attached hydrogen (secondary N) is 1. The summed E-state index contributed by atoms with van der Waals surface area (Å²) in [6.07, 6.45) is 5.38. The molecule has 96 valence electrons. The Morgan fingerprint density at radius 3 is 2.78 bits per heavy atom. The largest absolute Gasteiger partial charge is 0.354 e. The fourth-order valence-corrected chi connectivity index (χ4v) is 1.90. The van der Waals surface area contributed by atoms with E-state index in [1.165, 1.54) is 0 Å². The minimum atomic E-state index is -0.822. The maximum atomic E-state index is 11.3. The molecule has 4 nitrogen and oxygen atoms in total. The zero-order chi connectivity index (χ0) is 13.0. The number of imidazole rings is 1. The maximum Gasteiger partial charge on any atom is 0.207 e. The van der Waals surface area contributed by atoms with Crippen LogP contribution in [0.25, 0.3) is 5.69 Å². The zero-order valence-electron chi connectivity index (χ0n) is 10.5. The highest BCUT2D eigenvalue weighted by Crippen LogP contribution is 2.13. The van der Waals surface area contributed by atoms with Gasteiger partial charge in [0.25, 0.3) is 0 Å². The van der Waals surface area contributed by atoms with E-state index in [0.717, 1.165) is 11.6 Å². The predicted molar refractivity (Wildman–Crippen MR) is 75.6 cm³/mol. The minimum Gasteiger partial charge on any atom is -0.354 e. The van der Waals surface area contributed by atoms with Gasteiger partial charge in [0.1, 0.15) is 0 Å². The summed E-state index contributed by atoms with van der Waals surface area (Å²) in [6.45, 7) is 2.60. The summed E-state index contributed by atoms with van der Waals surface area (Å²) < 4.78 is 13.3. The molecule has 0 amide bonds. The van der Waals surface area contributed by atoms with Crippen molar-refractivity contribution >= 4 is 16.7 Å². The van der Waals surface area contributed by atoms with Gasteiger partial charge in [-0.05, 0) is 19.1 Å². The van der Waals surface area contributed by atoms with E-state index in [2.05, 4.69) is 10.3 Å². The van der Waals surface area contributed by atoms with Gasteiger partial charge in [-0.1, -0.05) is 18.2 Å². The quantitative estimate of drug-likeness (QED) is 0.898. The Hall–Kier alpha value is -1.62. The van der Waals surface area contributed by atoms with Crippen molar-refractivity contribution in [3.63, 3.8) is 0 Å². The Morgan fingerprint density at radius 2 is 2.11 bits per heavy atom. The Kier molecular flexibility index (Phi) is 4.15. The number of hydrogen-bond donors (Lipinski definition) is 1. The fraction of sp³-hybridized carbons (Fsp3) is 0.308. The molecule has 2 aromatic rings. The third kappa shape index (κ3) is 2.98. The number of nitrogens with zero attached hydrogens (tertiary/aromatic N) is 2. The van der Waals surface area contributed by atoms with E-state index in [0.29, 0.717) is 6.54 Å². The molecular weight excluding hydrogens is 246 g/mol. The lowest BCUT2D eigenvalue weighted by Gasteiger charge is -2.12. The van der Waals surface area contributed by atoms with Gasteiger partial charge >= 0.3 is 0 Å². The van der Waals surface area contributed by atoms with E-state index >= 15 is 0 Å². The summed E-state index contributed by atoms with van der Waals surface area (Å²) in [6, 6.07) is 10.0.